The van der Waals surface area contributed by atoms with Crippen LogP contribution in [-0.4, -0.2) is 7.11 Å². The fourth-order valence-electron chi connectivity index (χ4n) is 1.74. The first-order chi connectivity index (χ1) is 9.63. The normalized spacial score (nSPS) is 9.85. The van der Waals surface area contributed by atoms with E-state index in [1.54, 1.807) is 30.3 Å². The predicted octanol–water partition coefficient (Wildman–Crippen LogP) is 3.38. The van der Waals surface area contributed by atoms with Crippen molar-refractivity contribution in [3.05, 3.63) is 52.5 Å². The van der Waals surface area contributed by atoms with Gasteiger partial charge in [-0.25, -0.2) is 0 Å². The topological polar surface area (TPSA) is 68.3 Å². The highest BCUT2D eigenvalue weighted by Crippen LogP contribution is 2.26. The van der Waals surface area contributed by atoms with Crippen molar-refractivity contribution < 1.29 is 9.47 Å². The minimum atomic E-state index is 0.310. The molecule has 0 amide bonds. The van der Waals surface area contributed by atoms with Crippen LogP contribution in [0.1, 0.15) is 11.1 Å². The number of anilines is 1. The molecule has 2 aromatic rings. The Labute approximate surface area is 122 Å². The standard InChI is InChI=1S/C15H13ClN2O2/c1-19-14-4-2-10(6-11(14)8-17)9-20-15-5-3-12(16)7-13(15)18/h2-7H,9,18H2,1H3. The third-order valence-corrected chi connectivity index (χ3v) is 2.99. The van der Waals surface area contributed by atoms with E-state index in [1.807, 2.05) is 6.07 Å². The summed E-state index contributed by atoms with van der Waals surface area (Å²) in [6, 6.07) is 12.4. The molecule has 5 heteroatoms. The summed E-state index contributed by atoms with van der Waals surface area (Å²) in [5.74, 6) is 1.10. The van der Waals surface area contributed by atoms with Crippen molar-refractivity contribution in [2.75, 3.05) is 12.8 Å². The molecule has 102 valence electrons. The first-order valence-electron chi connectivity index (χ1n) is 5.89. The molecular formula is C15H13ClN2O2. The Morgan fingerprint density at radius 1 is 1.20 bits per heavy atom. The second-order valence-electron chi connectivity index (χ2n) is 4.12. The average molecular weight is 289 g/mol. The summed E-state index contributed by atoms with van der Waals surface area (Å²) in [6.07, 6.45) is 0. The third kappa shape index (κ3) is 3.14. The smallest absolute Gasteiger partial charge is 0.142 e. The molecule has 0 saturated carbocycles. The van der Waals surface area contributed by atoms with E-state index >= 15 is 0 Å². The highest BCUT2D eigenvalue weighted by Gasteiger charge is 2.06. The van der Waals surface area contributed by atoms with Gasteiger partial charge in [0, 0.05) is 5.02 Å². The number of benzene rings is 2. The zero-order chi connectivity index (χ0) is 14.5. The molecular weight excluding hydrogens is 276 g/mol. The molecule has 0 spiro atoms. The SMILES string of the molecule is COc1ccc(COc2ccc(Cl)cc2N)cc1C#N. The van der Waals surface area contributed by atoms with Gasteiger partial charge in [0.15, 0.2) is 0 Å². The summed E-state index contributed by atoms with van der Waals surface area (Å²) in [4.78, 5) is 0. The number of hydrogen-bond acceptors (Lipinski definition) is 4. The fourth-order valence-corrected chi connectivity index (χ4v) is 1.92. The lowest BCUT2D eigenvalue weighted by atomic mass is 10.1. The molecule has 0 saturated heterocycles. The molecule has 0 atom stereocenters. The van der Waals surface area contributed by atoms with E-state index in [4.69, 9.17) is 32.1 Å². The van der Waals surface area contributed by atoms with Crippen molar-refractivity contribution in [3.8, 4) is 17.6 Å². The van der Waals surface area contributed by atoms with Gasteiger partial charge in [0.1, 0.15) is 24.2 Å². The molecule has 0 bridgehead atoms. The van der Waals surface area contributed by atoms with Crippen molar-refractivity contribution >= 4 is 17.3 Å². The predicted molar refractivity (Wildman–Crippen MR) is 77.9 cm³/mol. The maximum absolute atomic E-state index is 9.03. The van der Waals surface area contributed by atoms with Gasteiger partial charge in [0.05, 0.1) is 18.4 Å². The average Bonchev–Trinajstić information content (AvgIpc) is 2.46. The summed E-state index contributed by atoms with van der Waals surface area (Å²) in [7, 11) is 1.53. The van der Waals surface area contributed by atoms with Crippen molar-refractivity contribution in [2.45, 2.75) is 6.61 Å². The molecule has 2 aromatic carbocycles. The van der Waals surface area contributed by atoms with Crippen LogP contribution in [0, 0.1) is 11.3 Å². The largest absolute Gasteiger partial charge is 0.495 e. The number of nitrogens with zero attached hydrogens (tertiary/aromatic N) is 1. The highest BCUT2D eigenvalue weighted by molar-refractivity contribution is 6.30. The lowest BCUT2D eigenvalue weighted by Crippen LogP contribution is -1.99. The molecule has 0 radical (unpaired) electrons. The van der Waals surface area contributed by atoms with Crippen LogP contribution in [0.15, 0.2) is 36.4 Å². The zero-order valence-electron chi connectivity index (χ0n) is 10.9. The van der Waals surface area contributed by atoms with Gasteiger partial charge in [-0.2, -0.15) is 5.26 Å². The van der Waals surface area contributed by atoms with Gasteiger partial charge >= 0.3 is 0 Å². The van der Waals surface area contributed by atoms with Gasteiger partial charge < -0.3 is 15.2 Å². The van der Waals surface area contributed by atoms with Gasteiger partial charge in [0.2, 0.25) is 0 Å². The molecule has 0 unspecified atom stereocenters. The highest BCUT2D eigenvalue weighted by atomic mass is 35.5. The lowest BCUT2D eigenvalue weighted by molar-refractivity contribution is 0.307. The van der Waals surface area contributed by atoms with Gasteiger partial charge in [-0.15, -0.1) is 0 Å². The van der Waals surface area contributed by atoms with Crippen LogP contribution >= 0.6 is 11.6 Å². The number of halogens is 1. The summed E-state index contributed by atoms with van der Waals surface area (Å²) >= 11 is 5.82. The van der Waals surface area contributed by atoms with Crippen molar-refractivity contribution in [1.29, 1.82) is 5.26 Å². The molecule has 4 nitrogen and oxygen atoms in total. The number of nitrogen functional groups attached to an aromatic ring is 1. The van der Waals surface area contributed by atoms with E-state index in [0.717, 1.165) is 5.56 Å². The molecule has 0 aliphatic carbocycles. The number of nitriles is 1. The van der Waals surface area contributed by atoms with Gasteiger partial charge in [-0.1, -0.05) is 17.7 Å². The van der Waals surface area contributed by atoms with Gasteiger partial charge in [0.25, 0.3) is 0 Å². The Kier molecular flexibility index (Phi) is 4.34. The van der Waals surface area contributed by atoms with Crippen LogP contribution < -0.4 is 15.2 Å². The molecule has 20 heavy (non-hydrogen) atoms. The number of nitrogens with two attached hydrogens (primary N) is 1. The quantitative estimate of drug-likeness (QED) is 0.876. The van der Waals surface area contributed by atoms with Gasteiger partial charge in [-0.3, -0.25) is 0 Å². The number of hydrogen-bond donors (Lipinski definition) is 1. The van der Waals surface area contributed by atoms with E-state index in [-0.39, 0.29) is 0 Å². The first-order valence-corrected chi connectivity index (χ1v) is 6.26. The summed E-state index contributed by atoms with van der Waals surface area (Å²) in [5, 5.41) is 9.59. The Bertz CT molecular complexity index is 665. The number of methoxy groups -OCH3 is 1. The Morgan fingerprint density at radius 3 is 2.60 bits per heavy atom. The molecule has 0 aromatic heterocycles. The minimum Gasteiger partial charge on any atom is -0.495 e. The first kappa shape index (κ1) is 14.0. The Balaban J connectivity index is 2.13. The lowest BCUT2D eigenvalue weighted by Gasteiger charge is -2.10. The molecule has 0 aliphatic heterocycles. The summed E-state index contributed by atoms with van der Waals surface area (Å²) in [5.41, 5.74) is 7.61. The fraction of sp³-hybridized carbons (Fsp3) is 0.133. The monoisotopic (exact) mass is 288 g/mol. The van der Waals surface area contributed by atoms with E-state index in [2.05, 4.69) is 6.07 Å². The number of ether oxygens (including phenoxy) is 2. The molecule has 2 rings (SSSR count). The molecule has 0 heterocycles. The molecule has 0 aliphatic rings. The van der Waals surface area contributed by atoms with Gasteiger partial charge in [-0.05, 0) is 35.9 Å². The van der Waals surface area contributed by atoms with E-state index < -0.39 is 0 Å². The van der Waals surface area contributed by atoms with Crippen LogP contribution in [0.3, 0.4) is 0 Å². The zero-order valence-corrected chi connectivity index (χ0v) is 11.6. The third-order valence-electron chi connectivity index (χ3n) is 2.75. The second-order valence-corrected chi connectivity index (χ2v) is 4.55. The van der Waals surface area contributed by atoms with Crippen LogP contribution in [0.4, 0.5) is 5.69 Å². The van der Waals surface area contributed by atoms with E-state index in [0.29, 0.717) is 34.4 Å². The number of rotatable bonds is 4. The van der Waals surface area contributed by atoms with E-state index in [9.17, 15) is 0 Å². The summed E-state index contributed by atoms with van der Waals surface area (Å²) in [6.45, 7) is 0.310. The summed E-state index contributed by atoms with van der Waals surface area (Å²) < 4.78 is 10.7. The van der Waals surface area contributed by atoms with Crippen LogP contribution in [0.5, 0.6) is 11.5 Å². The second kappa shape index (κ2) is 6.18. The minimum absolute atomic E-state index is 0.310. The van der Waals surface area contributed by atoms with Crippen molar-refractivity contribution in [2.24, 2.45) is 0 Å². The molecule has 2 N–H and O–H groups in total. The maximum Gasteiger partial charge on any atom is 0.142 e. The van der Waals surface area contributed by atoms with E-state index in [1.165, 1.54) is 7.11 Å². The molecule has 0 fully saturated rings. The Morgan fingerprint density at radius 2 is 1.95 bits per heavy atom. The van der Waals surface area contributed by atoms with Crippen molar-refractivity contribution in [1.82, 2.24) is 0 Å². The van der Waals surface area contributed by atoms with Crippen LogP contribution in [-0.2, 0) is 6.61 Å². The van der Waals surface area contributed by atoms with Crippen molar-refractivity contribution in [3.63, 3.8) is 0 Å². The van der Waals surface area contributed by atoms with Crippen LogP contribution in [0.25, 0.3) is 0 Å². The Hall–Kier alpha value is -2.38. The van der Waals surface area contributed by atoms with Crippen LogP contribution in [0.2, 0.25) is 5.02 Å². The maximum atomic E-state index is 9.03.